The molecule has 0 aromatic heterocycles. The number of rotatable bonds is 2. The maximum Gasteiger partial charge on any atom is 0.0162 e. The summed E-state index contributed by atoms with van der Waals surface area (Å²) in [5, 5.41) is 0. The van der Waals surface area contributed by atoms with E-state index in [1.54, 1.807) is 5.57 Å². The van der Waals surface area contributed by atoms with E-state index in [1.165, 1.54) is 25.8 Å². The van der Waals surface area contributed by atoms with Crippen molar-refractivity contribution in [2.75, 3.05) is 20.1 Å². The lowest BCUT2D eigenvalue weighted by atomic mass is 10.0. The van der Waals surface area contributed by atoms with Crippen molar-refractivity contribution in [3.05, 3.63) is 11.6 Å². The Labute approximate surface area is 63.7 Å². The summed E-state index contributed by atoms with van der Waals surface area (Å²) in [6, 6.07) is 0. The van der Waals surface area contributed by atoms with Crippen LogP contribution in [0.1, 0.15) is 26.2 Å². The summed E-state index contributed by atoms with van der Waals surface area (Å²) >= 11 is 0. The van der Waals surface area contributed by atoms with Crippen molar-refractivity contribution < 1.29 is 0 Å². The fourth-order valence-corrected chi connectivity index (χ4v) is 1.36. The van der Waals surface area contributed by atoms with Gasteiger partial charge >= 0.3 is 0 Å². The molecule has 0 saturated heterocycles. The third-order valence-corrected chi connectivity index (χ3v) is 2.08. The molecule has 0 saturated carbocycles. The summed E-state index contributed by atoms with van der Waals surface area (Å²) in [5.74, 6) is 0. The molecule has 0 bridgehead atoms. The lowest BCUT2D eigenvalue weighted by molar-refractivity contribution is 0.356. The molecular formula is C9H17N. The summed E-state index contributed by atoms with van der Waals surface area (Å²) in [6.45, 7) is 4.67. The first-order chi connectivity index (χ1) is 4.83. The molecule has 0 spiro atoms. The Morgan fingerprint density at radius 2 is 2.40 bits per heavy atom. The van der Waals surface area contributed by atoms with Gasteiger partial charge in [-0.2, -0.15) is 0 Å². The molecule has 1 heteroatoms. The third-order valence-electron chi connectivity index (χ3n) is 2.08. The highest BCUT2D eigenvalue weighted by molar-refractivity contribution is 5.06. The van der Waals surface area contributed by atoms with E-state index in [4.69, 9.17) is 0 Å². The van der Waals surface area contributed by atoms with Crippen LogP contribution in [0.5, 0.6) is 0 Å². The summed E-state index contributed by atoms with van der Waals surface area (Å²) in [6.07, 6.45) is 6.29. The van der Waals surface area contributed by atoms with Crippen molar-refractivity contribution in [1.29, 1.82) is 0 Å². The minimum absolute atomic E-state index is 1.16. The maximum atomic E-state index is 2.38. The fraction of sp³-hybridized carbons (Fsp3) is 0.778. The van der Waals surface area contributed by atoms with Crippen molar-refractivity contribution in [1.82, 2.24) is 4.90 Å². The molecule has 58 valence electrons. The second-order valence-corrected chi connectivity index (χ2v) is 3.12. The smallest absolute Gasteiger partial charge is 0.0162 e. The Balaban J connectivity index is 2.33. The first-order valence-electron chi connectivity index (χ1n) is 4.19. The van der Waals surface area contributed by atoms with Crippen LogP contribution in [0.4, 0.5) is 0 Å². The molecule has 0 aromatic rings. The predicted molar refractivity (Wildman–Crippen MR) is 45.1 cm³/mol. The van der Waals surface area contributed by atoms with Crippen molar-refractivity contribution in [2.45, 2.75) is 26.2 Å². The largest absolute Gasteiger partial charge is 0.302 e. The molecule has 0 radical (unpaired) electrons. The monoisotopic (exact) mass is 139 g/mol. The number of likely N-dealkylation sites (N-methyl/N-ethyl adjacent to an activating group) is 1. The quantitative estimate of drug-likeness (QED) is 0.529. The molecule has 1 rings (SSSR count). The SMILES string of the molecule is CCCC1=CCN(C)CC1. The highest BCUT2D eigenvalue weighted by Crippen LogP contribution is 2.13. The van der Waals surface area contributed by atoms with Gasteiger partial charge in [0.05, 0.1) is 0 Å². The summed E-state index contributed by atoms with van der Waals surface area (Å²) in [7, 11) is 2.18. The van der Waals surface area contributed by atoms with Crippen LogP contribution in [-0.2, 0) is 0 Å². The molecule has 0 N–H and O–H groups in total. The van der Waals surface area contributed by atoms with E-state index >= 15 is 0 Å². The molecule has 1 nitrogen and oxygen atoms in total. The van der Waals surface area contributed by atoms with Crippen LogP contribution in [0, 0.1) is 0 Å². The second kappa shape index (κ2) is 3.77. The zero-order valence-corrected chi connectivity index (χ0v) is 7.06. The van der Waals surface area contributed by atoms with E-state index in [9.17, 15) is 0 Å². The molecule has 0 aliphatic carbocycles. The molecule has 1 heterocycles. The second-order valence-electron chi connectivity index (χ2n) is 3.12. The normalized spacial score (nSPS) is 20.8. The standard InChI is InChI=1S/C9H17N/c1-3-4-9-5-7-10(2)8-6-9/h5H,3-4,6-8H2,1-2H3. The van der Waals surface area contributed by atoms with Gasteiger partial charge in [-0.25, -0.2) is 0 Å². The minimum Gasteiger partial charge on any atom is -0.302 e. The van der Waals surface area contributed by atoms with E-state index in [-0.39, 0.29) is 0 Å². The molecule has 1 aliphatic rings. The average Bonchev–Trinajstić information content (AvgIpc) is 1.95. The molecule has 1 aliphatic heterocycles. The lowest BCUT2D eigenvalue weighted by Crippen LogP contribution is -2.23. The van der Waals surface area contributed by atoms with Crippen molar-refractivity contribution in [2.24, 2.45) is 0 Å². The van der Waals surface area contributed by atoms with Crippen molar-refractivity contribution in [3.63, 3.8) is 0 Å². The Morgan fingerprint density at radius 3 is 2.90 bits per heavy atom. The highest BCUT2D eigenvalue weighted by atomic mass is 15.1. The Bertz CT molecular complexity index is 127. The summed E-state index contributed by atoms with van der Waals surface area (Å²) < 4.78 is 0. The van der Waals surface area contributed by atoms with Crippen LogP contribution in [0.2, 0.25) is 0 Å². The van der Waals surface area contributed by atoms with Crippen LogP contribution in [0.25, 0.3) is 0 Å². The van der Waals surface area contributed by atoms with Gasteiger partial charge in [0.1, 0.15) is 0 Å². The Kier molecular flexibility index (Phi) is 2.94. The van der Waals surface area contributed by atoms with Gasteiger partial charge in [-0.05, 0) is 19.9 Å². The molecule has 0 amide bonds. The first kappa shape index (κ1) is 7.80. The zero-order chi connectivity index (χ0) is 7.40. The predicted octanol–water partition coefficient (Wildman–Crippen LogP) is 2.05. The van der Waals surface area contributed by atoms with Gasteiger partial charge in [0.15, 0.2) is 0 Å². The average molecular weight is 139 g/mol. The van der Waals surface area contributed by atoms with E-state index < -0.39 is 0 Å². The summed E-state index contributed by atoms with van der Waals surface area (Å²) in [4.78, 5) is 2.36. The van der Waals surface area contributed by atoms with E-state index in [0.717, 1.165) is 6.54 Å². The van der Waals surface area contributed by atoms with Gasteiger partial charge in [0.2, 0.25) is 0 Å². The molecule has 0 aromatic carbocycles. The van der Waals surface area contributed by atoms with Crippen molar-refractivity contribution in [3.8, 4) is 0 Å². The Hall–Kier alpha value is -0.300. The molecule has 0 unspecified atom stereocenters. The lowest BCUT2D eigenvalue weighted by Gasteiger charge is -2.21. The fourth-order valence-electron chi connectivity index (χ4n) is 1.36. The van der Waals surface area contributed by atoms with Crippen LogP contribution >= 0.6 is 0 Å². The van der Waals surface area contributed by atoms with Crippen LogP contribution in [0.3, 0.4) is 0 Å². The van der Waals surface area contributed by atoms with Gasteiger partial charge in [0, 0.05) is 13.1 Å². The first-order valence-corrected chi connectivity index (χ1v) is 4.19. The topological polar surface area (TPSA) is 3.24 Å². The van der Waals surface area contributed by atoms with E-state index in [0.29, 0.717) is 0 Å². The summed E-state index contributed by atoms with van der Waals surface area (Å²) in [5.41, 5.74) is 1.67. The van der Waals surface area contributed by atoms with E-state index in [2.05, 4.69) is 24.9 Å². The van der Waals surface area contributed by atoms with Gasteiger partial charge in [0.25, 0.3) is 0 Å². The molecule has 10 heavy (non-hydrogen) atoms. The van der Waals surface area contributed by atoms with Crippen LogP contribution in [-0.4, -0.2) is 25.0 Å². The number of hydrogen-bond donors (Lipinski definition) is 0. The minimum atomic E-state index is 1.16. The maximum absolute atomic E-state index is 2.38. The molecule has 0 fully saturated rings. The van der Waals surface area contributed by atoms with Gasteiger partial charge < -0.3 is 4.90 Å². The number of hydrogen-bond acceptors (Lipinski definition) is 1. The zero-order valence-electron chi connectivity index (χ0n) is 7.06. The van der Waals surface area contributed by atoms with Gasteiger partial charge in [-0.1, -0.05) is 25.0 Å². The van der Waals surface area contributed by atoms with E-state index in [1.807, 2.05) is 0 Å². The third kappa shape index (κ3) is 2.14. The number of nitrogens with zero attached hydrogens (tertiary/aromatic N) is 1. The highest BCUT2D eigenvalue weighted by Gasteiger charge is 2.05. The van der Waals surface area contributed by atoms with Gasteiger partial charge in [-0.15, -0.1) is 0 Å². The molecular weight excluding hydrogens is 122 g/mol. The van der Waals surface area contributed by atoms with Gasteiger partial charge in [-0.3, -0.25) is 0 Å². The van der Waals surface area contributed by atoms with Crippen molar-refractivity contribution >= 4 is 0 Å². The van der Waals surface area contributed by atoms with Crippen LogP contribution < -0.4 is 0 Å². The van der Waals surface area contributed by atoms with Crippen LogP contribution in [0.15, 0.2) is 11.6 Å². The molecule has 0 atom stereocenters. The Morgan fingerprint density at radius 1 is 1.60 bits per heavy atom.